The van der Waals surface area contributed by atoms with Gasteiger partial charge in [-0.25, -0.2) is 44.6 Å². The van der Waals surface area contributed by atoms with Gasteiger partial charge in [0.15, 0.2) is 0 Å². The molecule has 462 valence electrons. The van der Waals surface area contributed by atoms with Crippen LogP contribution in [0.15, 0.2) is 82.6 Å². The van der Waals surface area contributed by atoms with Crippen molar-refractivity contribution in [2.24, 2.45) is 0 Å². The lowest BCUT2D eigenvalue weighted by Crippen LogP contribution is -2.43. The number of amides is 4. The molecular formula is C58H78Cl2F2N8O12S2. The number of urea groups is 2. The van der Waals surface area contributed by atoms with Crippen molar-refractivity contribution in [1.82, 2.24) is 40.5 Å². The summed E-state index contributed by atoms with van der Waals surface area (Å²) < 4.78 is 122. The van der Waals surface area contributed by atoms with Crippen LogP contribution in [0, 0.1) is 11.6 Å². The summed E-state index contributed by atoms with van der Waals surface area (Å²) in [5, 5.41) is 11.5. The van der Waals surface area contributed by atoms with Gasteiger partial charge in [-0.15, -0.1) is 0 Å². The Labute approximate surface area is 501 Å². The minimum absolute atomic E-state index is 0.0439. The Morgan fingerprint density at radius 3 is 1.19 bits per heavy atom. The number of hydrogen-bond acceptors (Lipinski definition) is 14. The molecule has 4 atom stereocenters. The van der Waals surface area contributed by atoms with E-state index in [0.29, 0.717) is 71.4 Å². The summed E-state index contributed by atoms with van der Waals surface area (Å²) in [7, 11) is -7.65. The zero-order chi connectivity index (χ0) is 59.3. The van der Waals surface area contributed by atoms with E-state index in [1.54, 1.807) is 36.4 Å². The van der Waals surface area contributed by atoms with Crippen LogP contribution in [0.1, 0.15) is 85.8 Å². The van der Waals surface area contributed by atoms with Gasteiger partial charge >= 0.3 is 12.1 Å². The molecule has 8 rings (SSSR count). The second-order valence-corrected chi connectivity index (χ2v) is 25.4. The molecule has 0 unspecified atom stereocenters. The summed E-state index contributed by atoms with van der Waals surface area (Å²) in [6, 6.07) is 17.7. The van der Waals surface area contributed by atoms with Crippen LogP contribution in [0.5, 0.6) is 11.5 Å². The van der Waals surface area contributed by atoms with E-state index in [2.05, 4.69) is 40.5 Å². The summed E-state index contributed by atoms with van der Waals surface area (Å²) in [5.41, 5.74) is 2.66. The molecule has 26 heteroatoms. The van der Waals surface area contributed by atoms with Crippen molar-refractivity contribution in [1.29, 1.82) is 0 Å². The van der Waals surface area contributed by atoms with Crippen LogP contribution in [0.4, 0.5) is 18.4 Å². The molecule has 2 fully saturated rings. The molecule has 4 aromatic rings. The van der Waals surface area contributed by atoms with E-state index in [4.69, 9.17) is 51.6 Å². The van der Waals surface area contributed by atoms with E-state index >= 15 is 0 Å². The monoisotopic (exact) mass is 1250 g/mol. The second-order valence-electron chi connectivity index (χ2n) is 21.0. The summed E-state index contributed by atoms with van der Waals surface area (Å²) in [4.78, 5) is 29.1. The van der Waals surface area contributed by atoms with Crippen LogP contribution in [0.3, 0.4) is 0 Å². The van der Waals surface area contributed by atoms with Gasteiger partial charge in [0.05, 0.1) is 74.7 Å². The number of benzene rings is 4. The van der Waals surface area contributed by atoms with Crippen LogP contribution >= 0.6 is 23.2 Å². The lowest BCUT2D eigenvalue weighted by atomic mass is 10.0. The number of nitrogens with zero attached hydrogens (tertiary/aromatic N) is 2. The molecule has 2 heterocycles. The first-order valence-electron chi connectivity index (χ1n) is 29.0. The minimum Gasteiger partial charge on any atom is -0.484 e. The molecule has 2 aliphatic carbocycles. The molecule has 4 amide bonds. The summed E-state index contributed by atoms with van der Waals surface area (Å²) in [6.45, 7) is 6.76. The first-order valence-corrected chi connectivity index (χ1v) is 32.7. The number of halogens is 4. The van der Waals surface area contributed by atoms with Crippen molar-refractivity contribution in [2.45, 2.75) is 98.3 Å². The Balaban J connectivity index is 0.576. The number of carbonyl (C=O) groups excluding carboxylic acids is 2. The summed E-state index contributed by atoms with van der Waals surface area (Å²) in [6.07, 6.45) is 8.02. The fourth-order valence-electron chi connectivity index (χ4n) is 10.9. The lowest BCUT2D eigenvalue weighted by Gasteiger charge is -2.35. The zero-order valence-corrected chi connectivity index (χ0v) is 50.3. The molecule has 0 radical (unpaired) electrons. The number of unbranched alkanes of at least 4 members (excludes halogenated alkanes) is 1. The molecule has 6 N–H and O–H groups in total. The topological polar surface area (TPSA) is 236 Å². The number of ether oxygens (including phenoxy) is 6. The Bertz CT molecular complexity index is 2790. The number of carbonyl (C=O) groups is 2. The first kappa shape index (κ1) is 65.0. The van der Waals surface area contributed by atoms with Crippen LogP contribution in [-0.2, 0) is 51.8 Å². The van der Waals surface area contributed by atoms with Gasteiger partial charge in [-0.1, -0.05) is 36.0 Å². The van der Waals surface area contributed by atoms with Crippen molar-refractivity contribution in [3.05, 3.63) is 117 Å². The molecule has 0 spiro atoms. The van der Waals surface area contributed by atoms with E-state index in [-0.39, 0.29) is 125 Å². The first-order chi connectivity index (χ1) is 40.6. The molecule has 4 aromatic carbocycles. The quantitative estimate of drug-likeness (QED) is 0.0263. The van der Waals surface area contributed by atoms with E-state index in [1.807, 2.05) is 0 Å². The fourth-order valence-corrected chi connectivity index (χ4v) is 13.4. The van der Waals surface area contributed by atoms with Crippen LogP contribution in [0.25, 0.3) is 0 Å². The molecular weight excluding hydrogens is 1170 g/mol. The van der Waals surface area contributed by atoms with Crippen LogP contribution in [0.2, 0.25) is 10.0 Å². The van der Waals surface area contributed by atoms with Gasteiger partial charge in [-0.05, 0) is 161 Å². The molecule has 20 nitrogen and oxygen atoms in total. The minimum atomic E-state index is -3.83. The van der Waals surface area contributed by atoms with Crippen molar-refractivity contribution in [3.8, 4) is 11.5 Å². The van der Waals surface area contributed by atoms with E-state index in [9.17, 15) is 35.2 Å². The number of fused-ring (bicyclic) bond motifs is 2. The van der Waals surface area contributed by atoms with Gasteiger partial charge in [0, 0.05) is 60.4 Å². The third-order valence-electron chi connectivity index (χ3n) is 15.1. The molecule has 2 aliphatic heterocycles. The van der Waals surface area contributed by atoms with Crippen molar-refractivity contribution in [2.75, 3.05) is 118 Å². The number of likely N-dealkylation sites (tertiary alicyclic amines) is 2. The largest absolute Gasteiger partial charge is 0.484 e. The highest BCUT2D eigenvalue weighted by molar-refractivity contribution is 7.89. The smallest absolute Gasteiger partial charge is 0.314 e. The predicted octanol–water partition coefficient (Wildman–Crippen LogP) is 7.03. The zero-order valence-electron chi connectivity index (χ0n) is 47.2. The van der Waals surface area contributed by atoms with Crippen molar-refractivity contribution in [3.63, 3.8) is 0 Å². The number of hydrogen-bond donors (Lipinski definition) is 6. The summed E-state index contributed by atoms with van der Waals surface area (Å²) in [5.74, 6) is 0.259. The van der Waals surface area contributed by atoms with Crippen LogP contribution < -0.4 is 40.2 Å². The van der Waals surface area contributed by atoms with Gasteiger partial charge in [0.25, 0.3) is 0 Å². The Kier molecular flexibility index (Phi) is 25.3. The Morgan fingerprint density at radius 2 is 0.821 bits per heavy atom. The van der Waals surface area contributed by atoms with Gasteiger partial charge in [-0.2, -0.15) is 0 Å². The average molecular weight is 1250 g/mol. The normalized spacial score (nSPS) is 19.1. The fraction of sp³-hybridized carbons (Fsp3) is 0.552. The van der Waals surface area contributed by atoms with E-state index < -0.39 is 32.3 Å². The SMILES string of the molecule is O=C(NCCCCNC(=O)NCCOCCOCCNS(=O)(=O)c1ccc(O[C@H]2c3cc(Cl)cc(F)c3C[C@@H]2N2CCCCC2)cc1)NCCOCCOCCNS(=O)(=O)c1ccc(O[C@H]2c3cc(Cl)cc(F)c3C[C@@H]2N2CCCCC2)cc1. The second kappa shape index (κ2) is 32.7. The third-order valence-corrected chi connectivity index (χ3v) is 18.5. The third kappa shape index (κ3) is 19.3. The predicted molar refractivity (Wildman–Crippen MR) is 314 cm³/mol. The highest BCUT2D eigenvalue weighted by Crippen LogP contribution is 2.43. The van der Waals surface area contributed by atoms with Gasteiger partial charge in [0.2, 0.25) is 20.0 Å². The maximum atomic E-state index is 15.0. The lowest BCUT2D eigenvalue weighted by molar-refractivity contribution is 0.0516. The molecule has 0 aromatic heterocycles. The highest BCUT2D eigenvalue weighted by Gasteiger charge is 2.42. The maximum Gasteiger partial charge on any atom is 0.314 e. The van der Waals surface area contributed by atoms with E-state index in [0.717, 1.165) is 75.8 Å². The van der Waals surface area contributed by atoms with Gasteiger partial charge in [-0.3, -0.25) is 9.80 Å². The molecule has 84 heavy (non-hydrogen) atoms. The standard InChI is InChI=1S/C58H78Cl2F2N8O12S2/c59-41-35-49-47(51(61)37-41)39-53(69-23-5-1-6-24-69)55(49)81-43-9-13-45(14-10-43)83(73,74)67-21-29-79-33-31-77-27-19-65-57(71)63-17-3-4-18-64-58(72)66-20-28-78-32-34-80-30-22-68-84(75,76)46-15-11-44(12-16-46)82-56-50-36-42(60)38-52(62)48(50)40-54(56)70-25-7-2-8-26-70/h9-16,35-38,53-56,67-68H,1-8,17-34,39-40H2,(H2,63,65,71)(H2,64,66,72)/t53-,54-,55-,56-/m0/s1. The molecule has 4 aliphatic rings. The van der Waals surface area contributed by atoms with Gasteiger partial charge in [0.1, 0.15) is 35.3 Å². The Morgan fingerprint density at radius 1 is 0.476 bits per heavy atom. The number of piperidine rings is 2. The molecule has 0 bridgehead atoms. The number of nitrogens with one attached hydrogen (secondary N) is 6. The number of sulfonamides is 2. The van der Waals surface area contributed by atoms with Crippen molar-refractivity contribution < 1.29 is 63.6 Å². The van der Waals surface area contributed by atoms with Gasteiger partial charge < -0.3 is 49.7 Å². The van der Waals surface area contributed by atoms with Crippen LogP contribution in [-0.4, -0.2) is 169 Å². The summed E-state index contributed by atoms with van der Waals surface area (Å²) >= 11 is 12.5. The molecule has 0 saturated carbocycles. The average Bonchev–Trinajstić information content (AvgIpc) is 2.59. The molecule has 2 saturated heterocycles. The highest BCUT2D eigenvalue weighted by atomic mass is 35.5. The number of rotatable bonds is 33. The Hall–Kier alpha value is -4.96. The maximum absolute atomic E-state index is 15.0. The van der Waals surface area contributed by atoms with E-state index in [1.165, 1.54) is 36.4 Å². The van der Waals surface area contributed by atoms with Crippen molar-refractivity contribution >= 4 is 55.3 Å².